The average Bonchev–Trinajstić information content (AvgIpc) is 2.68. The Morgan fingerprint density at radius 2 is 1.35 bits per heavy atom. The van der Waals surface area contributed by atoms with Crippen LogP contribution in [0, 0.1) is 0 Å². The molecule has 2 aromatic carbocycles. The summed E-state index contributed by atoms with van der Waals surface area (Å²) in [7, 11) is 0. The number of aromatic carboxylic acids is 1. The lowest BCUT2D eigenvalue weighted by Crippen LogP contribution is -2.30. The second-order valence-electron chi connectivity index (χ2n) is 5.87. The Balaban J connectivity index is 1.85. The zero-order chi connectivity index (χ0) is 18.4. The van der Waals surface area contributed by atoms with E-state index < -0.39 is 5.97 Å². The fourth-order valence-electron chi connectivity index (χ4n) is 2.62. The number of aromatic nitrogens is 1. The lowest BCUT2D eigenvalue weighted by Gasteiger charge is -2.23. The van der Waals surface area contributed by atoms with E-state index >= 15 is 0 Å². The molecule has 3 rings (SSSR count). The van der Waals surface area contributed by atoms with Gasteiger partial charge in [-0.25, -0.2) is 4.79 Å². The van der Waals surface area contributed by atoms with Crippen molar-refractivity contribution in [3.63, 3.8) is 0 Å². The molecule has 0 unspecified atom stereocenters. The van der Waals surface area contributed by atoms with E-state index in [-0.39, 0.29) is 17.2 Å². The van der Waals surface area contributed by atoms with E-state index in [2.05, 4.69) is 4.98 Å². The molecule has 0 saturated carbocycles. The lowest BCUT2D eigenvalue weighted by atomic mass is 10.1. The molecule has 1 aromatic heterocycles. The van der Waals surface area contributed by atoms with Gasteiger partial charge in [0.25, 0.3) is 5.91 Å². The van der Waals surface area contributed by atoms with Crippen LogP contribution in [0.4, 0.5) is 0 Å². The minimum atomic E-state index is -1.07. The smallest absolute Gasteiger partial charge is 0.337 e. The number of carbonyl (C=O) groups is 2. The first kappa shape index (κ1) is 17.4. The van der Waals surface area contributed by atoms with Gasteiger partial charge in [-0.2, -0.15) is 0 Å². The minimum Gasteiger partial charge on any atom is -0.478 e. The lowest BCUT2D eigenvalue weighted by molar-refractivity contribution is 0.0690. The second-order valence-corrected chi connectivity index (χ2v) is 5.87. The van der Waals surface area contributed by atoms with Crippen LogP contribution in [0.3, 0.4) is 0 Å². The van der Waals surface area contributed by atoms with Crippen molar-refractivity contribution in [1.82, 2.24) is 9.88 Å². The number of amides is 1. The third-order valence-corrected chi connectivity index (χ3v) is 3.95. The minimum absolute atomic E-state index is 0.0548. The summed E-state index contributed by atoms with van der Waals surface area (Å²) >= 11 is 0. The van der Waals surface area contributed by atoms with Gasteiger partial charge in [0, 0.05) is 19.3 Å². The van der Waals surface area contributed by atoms with Crippen LogP contribution in [-0.4, -0.2) is 26.9 Å². The predicted octanol–water partition coefficient (Wildman–Crippen LogP) is 3.62. The van der Waals surface area contributed by atoms with Crippen molar-refractivity contribution in [2.24, 2.45) is 0 Å². The van der Waals surface area contributed by atoms with Crippen LogP contribution < -0.4 is 0 Å². The van der Waals surface area contributed by atoms with Crippen molar-refractivity contribution in [3.05, 3.63) is 101 Å². The molecule has 1 heterocycles. The summed E-state index contributed by atoms with van der Waals surface area (Å²) in [5.74, 6) is -1.31. The van der Waals surface area contributed by atoms with Crippen molar-refractivity contribution in [2.75, 3.05) is 0 Å². The van der Waals surface area contributed by atoms with Crippen molar-refractivity contribution < 1.29 is 14.7 Å². The molecule has 0 aliphatic carbocycles. The first-order valence-electron chi connectivity index (χ1n) is 8.20. The number of benzene rings is 2. The average molecular weight is 346 g/mol. The van der Waals surface area contributed by atoms with Crippen LogP contribution in [-0.2, 0) is 13.1 Å². The molecule has 5 nitrogen and oxygen atoms in total. The summed E-state index contributed by atoms with van der Waals surface area (Å²) in [6.07, 6.45) is 1.21. The summed E-state index contributed by atoms with van der Waals surface area (Å²) < 4.78 is 0. The SMILES string of the molecule is O=C(O)c1ccc(C(=O)N(Cc2ccccc2)Cc2ccccc2)nc1. The Bertz CT molecular complexity index is 837. The molecule has 26 heavy (non-hydrogen) atoms. The number of nitrogens with zero attached hydrogens (tertiary/aromatic N) is 2. The molecule has 0 aliphatic rings. The standard InChI is InChI=1S/C21H18N2O3/c24-20(19-12-11-18(13-22-19)21(25)26)23(14-16-7-3-1-4-8-16)15-17-9-5-2-6-10-17/h1-13H,14-15H2,(H,25,26). The highest BCUT2D eigenvalue weighted by Crippen LogP contribution is 2.14. The van der Waals surface area contributed by atoms with Crippen LogP contribution >= 0.6 is 0 Å². The van der Waals surface area contributed by atoms with Crippen molar-refractivity contribution >= 4 is 11.9 Å². The van der Waals surface area contributed by atoms with Crippen molar-refractivity contribution in [2.45, 2.75) is 13.1 Å². The fraction of sp³-hybridized carbons (Fsp3) is 0.0952. The third kappa shape index (κ3) is 4.33. The van der Waals surface area contributed by atoms with Crippen molar-refractivity contribution in [3.8, 4) is 0 Å². The normalized spacial score (nSPS) is 10.3. The van der Waals surface area contributed by atoms with Crippen LogP contribution in [0.1, 0.15) is 32.0 Å². The molecule has 5 heteroatoms. The van der Waals surface area contributed by atoms with Gasteiger partial charge in [0.1, 0.15) is 5.69 Å². The molecule has 0 spiro atoms. The Morgan fingerprint density at radius 1 is 0.808 bits per heavy atom. The van der Waals surface area contributed by atoms with E-state index in [0.29, 0.717) is 13.1 Å². The van der Waals surface area contributed by atoms with E-state index in [4.69, 9.17) is 5.11 Å². The first-order chi connectivity index (χ1) is 12.6. The molecular weight excluding hydrogens is 328 g/mol. The number of carboxylic acid groups (broad SMARTS) is 1. The molecular formula is C21H18N2O3. The number of carboxylic acids is 1. The quantitative estimate of drug-likeness (QED) is 0.740. The van der Waals surface area contributed by atoms with Gasteiger partial charge >= 0.3 is 5.97 Å². The van der Waals surface area contributed by atoms with E-state index in [1.807, 2.05) is 60.7 Å². The summed E-state index contributed by atoms with van der Waals surface area (Å²) in [6, 6.07) is 22.3. The number of pyridine rings is 1. The van der Waals surface area contributed by atoms with Gasteiger partial charge in [-0.3, -0.25) is 9.78 Å². The van der Waals surface area contributed by atoms with Crippen molar-refractivity contribution in [1.29, 1.82) is 0 Å². The van der Waals surface area contributed by atoms with Gasteiger partial charge in [-0.05, 0) is 23.3 Å². The Morgan fingerprint density at radius 3 is 1.77 bits per heavy atom. The maximum absolute atomic E-state index is 13.0. The zero-order valence-electron chi connectivity index (χ0n) is 14.1. The van der Waals surface area contributed by atoms with Gasteiger partial charge in [-0.15, -0.1) is 0 Å². The Kier molecular flexibility index (Phi) is 5.39. The van der Waals surface area contributed by atoms with E-state index in [9.17, 15) is 9.59 Å². The Labute approximate surface area is 151 Å². The summed E-state index contributed by atoms with van der Waals surface area (Å²) in [4.78, 5) is 29.6. The van der Waals surface area contributed by atoms with Gasteiger partial charge in [-0.1, -0.05) is 60.7 Å². The van der Waals surface area contributed by atoms with Gasteiger partial charge in [0.15, 0.2) is 0 Å². The maximum Gasteiger partial charge on any atom is 0.337 e. The number of hydrogen-bond donors (Lipinski definition) is 1. The highest BCUT2D eigenvalue weighted by atomic mass is 16.4. The molecule has 1 amide bonds. The largest absolute Gasteiger partial charge is 0.478 e. The van der Waals surface area contributed by atoms with Gasteiger partial charge < -0.3 is 10.0 Å². The number of rotatable bonds is 6. The third-order valence-electron chi connectivity index (χ3n) is 3.95. The highest BCUT2D eigenvalue weighted by molar-refractivity contribution is 5.93. The Hall–Kier alpha value is -3.47. The first-order valence-corrected chi connectivity index (χ1v) is 8.20. The van der Waals surface area contributed by atoms with Gasteiger partial charge in [0.05, 0.1) is 5.56 Å². The van der Waals surface area contributed by atoms with Crippen LogP contribution in [0.2, 0.25) is 0 Å². The topological polar surface area (TPSA) is 70.5 Å². The highest BCUT2D eigenvalue weighted by Gasteiger charge is 2.18. The predicted molar refractivity (Wildman–Crippen MR) is 97.7 cm³/mol. The molecule has 0 radical (unpaired) electrons. The molecule has 0 aliphatic heterocycles. The molecule has 0 saturated heterocycles. The second kappa shape index (κ2) is 8.07. The van der Waals surface area contributed by atoms with Crippen LogP contribution in [0.25, 0.3) is 0 Å². The van der Waals surface area contributed by atoms with E-state index in [0.717, 1.165) is 11.1 Å². The summed E-state index contributed by atoms with van der Waals surface area (Å²) in [5.41, 5.74) is 2.30. The molecule has 0 bridgehead atoms. The van der Waals surface area contributed by atoms with Crippen LogP contribution in [0.15, 0.2) is 79.0 Å². The zero-order valence-corrected chi connectivity index (χ0v) is 14.1. The van der Waals surface area contributed by atoms with Crippen LogP contribution in [0.5, 0.6) is 0 Å². The summed E-state index contributed by atoms with van der Waals surface area (Å²) in [5, 5.41) is 8.98. The maximum atomic E-state index is 13.0. The molecule has 3 aromatic rings. The monoisotopic (exact) mass is 346 g/mol. The molecule has 1 N–H and O–H groups in total. The van der Waals surface area contributed by atoms with Gasteiger partial charge in [0.2, 0.25) is 0 Å². The summed E-state index contributed by atoms with van der Waals surface area (Å²) in [6.45, 7) is 0.883. The number of hydrogen-bond acceptors (Lipinski definition) is 3. The van der Waals surface area contributed by atoms with E-state index in [1.165, 1.54) is 18.3 Å². The molecule has 130 valence electrons. The molecule has 0 atom stereocenters. The molecule has 0 fully saturated rings. The van der Waals surface area contributed by atoms with E-state index in [1.54, 1.807) is 4.90 Å². The fourth-order valence-corrected chi connectivity index (χ4v) is 2.62. The number of carbonyl (C=O) groups excluding carboxylic acids is 1.